The second-order valence-corrected chi connectivity index (χ2v) is 8.29. The average molecular weight is 469 g/mol. The number of rotatable bonds is 3. The Morgan fingerprint density at radius 2 is 1.69 bits per heavy atom. The molecular formula is C22H21BrN4OS. The summed E-state index contributed by atoms with van der Waals surface area (Å²) in [5.41, 5.74) is 2.89. The normalized spacial score (nSPS) is 13.9. The van der Waals surface area contributed by atoms with E-state index in [2.05, 4.69) is 26.1 Å². The third-order valence-electron chi connectivity index (χ3n) is 4.96. The number of amides is 1. The lowest BCUT2D eigenvalue weighted by molar-refractivity contribution is 0.0973. The summed E-state index contributed by atoms with van der Waals surface area (Å²) in [7, 11) is 0. The Labute approximate surface area is 183 Å². The molecule has 1 N–H and O–H groups in total. The summed E-state index contributed by atoms with van der Waals surface area (Å²) in [6.07, 6.45) is 5.18. The number of thiocarbonyl (C=S) groups is 1. The summed E-state index contributed by atoms with van der Waals surface area (Å²) < 4.78 is 2.71. The van der Waals surface area contributed by atoms with Crippen LogP contribution in [0.2, 0.25) is 0 Å². The zero-order valence-electron chi connectivity index (χ0n) is 15.8. The third-order valence-corrected chi connectivity index (χ3v) is 5.85. The molecule has 1 aliphatic heterocycles. The maximum absolute atomic E-state index is 13.1. The van der Waals surface area contributed by atoms with Crippen molar-refractivity contribution >= 4 is 39.2 Å². The van der Waals surface area contributed by atoms with Gasteiger partial charge in [0.25, 0.3) is 5.91 Å². The highest BCUT2D eigenvalue weighted by atomic mass is 79.9. The van der Waals surface area contributed by atoms with Crippen LogP contribution in [-0.4, -0.2) is 38.8 Å². The van der Waals surface area contributed by atoms with Crippen molar-refractivity contribution in [3.8, 4) is 16.9 Å². The fourth-order valence-electron chi connectivity index (χ4n) is 3.41. The number of hydrogen-bond donors (Lipinski definition) is 1. The van der Waals surface area contributed by atoms with E-state index in [1.165, 1.54) is 6.42 Å². The van der Waals surface area contributed by atoms with E-state index in [1.807, 2.05) is 54.6 Å². The summed E-state index contributed by atoms with van der Waals surface area (Å²) in [5.74, 6) is -0.235. The first kappa shape index (κ1) is 19.8. The molecule has 7 heteroatoms. The van der Waals surface area contributed by atoms with E-state index in [-0.39, 0.29) is 5.91 Å². The molecule has 0 spiro atoms. The van der Waals surface area contributed by atoms with Gasteiger partial charge in [0.1, 0.15) is 5.69 Å². The van der Waals surface area contributed by atoms with Gasteiger partial charge in [-0.15, -0.1) is 0 Å². The number of para-hydroxylation sites is 1. The number of hydrogen-bond acceptors (Lipinski definition) is 3. The van der Waals surface area contributed by atoms with E-state index in [4.69, 9.17) is 17.3 Å². The van der Waals surface area contributed by atoms with Crippen LogP contribution in [0.3, 0.4) is 0 Å². The van der Waals surface area contributed by atoms with Crippen LogP contribution in [-0.2, 0) is 0 Å². The highest BCUT2D eigenvalue weighted by Crippen LogP contribution is 2.25. The molecule has 1 amide bonds. The highest BCUT2D eigenvalue weighted by molar-refractivity contribution is 9.10. The summed E-state index contributed by atoms with van der Waals surface area (Å²) in [6, 6.07) is 17.5. The SMILES string of the molecule is O=C(NC(=S)N1CCCCC1)c1cn(-c2ccccc2)nc1-c1ccc(Br)cc1. The first-order chi connectivity index (χ1) is 14.1. The minimum absolute atomic E-state index is 0.235. The molecule has 5 nitrogen and oxygen atoms in total. The highest BCUT2D eigenvalue weighted by Gasteiger charge is 2.22. The molecule has 0 radical (unpaired) electrons. The first-order valence-corrected chi connectivity index (χ1v) is 10.8. The molecule has 0 unspecified atom stereocenters. The topological polar surface area (TPSA) is 50.2 Å². The number of halogens is 1. The number of nitrogens with zero attached hydrogens (tertiary/aromatic N) is 3. The minimum atomic E-state index is -0.235. The molecule has 1 aliphatic rings. The Hall–Kier alpha value is -2.51. The van der Waals surface area contributed by atoms with E-state index < -0.39 is 0 Å². The smallest absolute Gasteiger partial charge is 0.261 e. The van der Waals surface area contributed by atoms with Gasteiger partial charge < -0.3 is 4.90 Å². The Balaban J connectivity index is 1.66. The molecule has 0 atom stereocenters. The lowest BCUT2D eigenvalue weighted by Gasteiger charge is -2.28. The Kier molecular flexibility index (Phi) is 6.06. The molecule has 1 fully saturated rings. The molecule has 0 aliphatic carbocycles. The molecule has 148 valence electrons. The van der Waals surface area contributed by atoms with Crippen molar-refractivity contribution in [3.05, 3.63) is 70.8 Å². The van der Waals surface area contributed by atoms with Crippen molar-refractivity contribution in [2.75, 3.05) is 13.1 Å². The van der Waals surface area contributed by atoms with Crippen LogP contribution < -0.4 is 5.32 Å². The van der Waals surface area contributed by atoms with Gasteiger partial charge >= 0.3 is 0 Å². The van der Waals surface area contributed by atoms with Crippen molar-refractivity contribution in [2.24, 2.45) is 0 Å². The van der Waals surface area contributed by atoms with Crippen LogP contribution in [0.4, 0.5) is 0 Å². The number of piperidine rings is 1. The van der Waals surface area contributed by atoms with Gasteiger partial charge in [-0.3, -0.25) is 10.1 Å². The predicted molar refractivity (Wildman–Crippen MR) is 122 cm³/mol. The van der Waals surface area contributed by atoms with Crippen molar-refractivity contribution < 1.29 is 4.79 Å². The molecule has 0 saturated carbocycles. The van der Waals surface area contributed by atoms with Gasteiger partial charge in [-0.25, -0.2) is 4.68 Å². The molecule has 4 rings (SSSR count). The van der Waals surface area contributed by atoms with Crippen LogP contribution >= 0.6 is 28.1 Å². The van der Waals surface area contributed by atoms with Gasteiger partial charge in [0.05, 0.1) is 11.3 Å². The maximum Gasteiger partial charge on any atom is 0.261 e. The van der Waals surface area contributed by atoms with Gasteiger partial charge in [0, 0.05) is 29.3 Å². The second-order valence-electron chi connectivity index (χ2n) is 6.99. The van der Waals surface area contributed by atoms with E-state index in [9.17, 15) is 4.79 Å². The maximum atomic E-state index is 13.1. The molecule has 3 aromatic rings. The van der Waals surface area contributed by atoms with Crippen molar-refractivity contribution in [1.29, 1.82) is 0 Å². The number of nitrogens with one attached hydrogen (secondary N) is 1. The minimum Gasteiger partial charge on any atom is -0.349 e. The summed E-state index contributed by atoms with van der Waals surface area (Å²) in [6.45, 7) is 1.78. The Morgan fingerprint density at radius 1 is 1.00 bits per heavy atom. The zero-order valence-corrected chi connectivity index (χ0v) is 18.2. The monoisotopic (exact) mass is 468 g/mol. The summed E-state index contributed by atoms with van der Waals surface area (Å²) in [5, 5.41) is 8.10. The Morgan fingerprint density at radius 3 is 2.38 bits per heavy atom. The van der Waals surface area contributed by atoms with Gasteiger partial charge in [-0.1, -0.05) is 46.3 Å². The molecule has 2 aromatic carbocycles. The van der Waals surface area contributed by atoms with Crippen molar-refractivity contribution in [1.82, 2.24) is 20.0 Å². The standard InChI is InChI=1S/C22H21BrN4OS/c23-17-11-9-16(10-12-17)20-19(15-27(25-20)18-7-3-1-4-8-18)21(28)24-22(29)26-13-5-2-6-14-26/h1,3-4,7-12,15H,2,5-6,13-14H2,(H,24,28,29). The quantitative estimate of drug-likeness (QED) is 0.560. The number of carbonyl (C=O) groups excluding carboxylic acids is 1. The van der Waals surface area contributed by atoms with E-state index in [1.54, 1.807) is 10.9 Å². The third kappa shape index (κ3) is 4.57. The lowest BCUT2D eigenvalue weighted by Crippen LogP contribution is -2.44. The molecule has 29 heavy (non-hydrogen) atoms. The van der Waals surface area contributed by atoms with Crippen LogP contribution in [0.25, 0.3) is 16.9 Å². The van der Waals surface area contributed by atoms with Crippen molar-refractivity contribution in [2.45, 2.75) is 19.3 Å². The first-order valence-electron chi connectivity index (χ1n) is 9.63. The van der Waals surface area contributed by atoms with Crippen LogP contribution in [0.15, 0.2) is 65.3 Å². The number of carbonyl (C=O) groups is 1. The summed E-state index contributed by atoms with van der Waals surface area (Å²) in [4.78, 5) is 15.2. The van der Waals surface area contributed by atoms with Crippen LogP contribution in [0.5, 0.6) is 0 Å². The average Bonchev–Trinajstić information content (AvgIpc) is 3.21. The molecule has 1 aromatic heterocycles. The van der Waals surface area contributed by atoms with E-state index in [0.29, 0.717) is 16.4 Å². The second kappa shape index (κ2) is 8.88. The Bertz CT molecular complexity index is 1010. The van der Waals surface area contributed by atoms with Gasteiger partial charge in [-0.2, -0.15) is 5.10 Å². The fourth-order valence-corrected chi connectivity index (χ4v) is 3.95. The number of likely N-dealkylation sites (tertiary alicyclic amines) is 1. The molecule has 0 bridgehead atoms. The van der Waals surface area contributed by atoms with E-state index >= 15 is 0 Å². The largest absolute Gasteiger partial charge is 0.349 e. The molecule has 2 heterocycles. The summed E-state index contributed by atoms with van der Waals surface area (Å²) >= 11 is 8.94. The van der Waals surface area contributed by atoms with Crippen LogP contribution in [0.1, 0.15) is 29.6 Å². The number of aromatic nitrogens is 2. The van der Waals surface area contributed by atoms with Gasteiger partial charge in [-0.05, 0) is 55.7 Å². The lowest BCUT2D eigenvalue weighted by atomic mass is 10.1. The fraction of sp³-hybridized carbons (Fsp3) is 0.227. The van der Waals surface area contributed by atoms with Gasteiger partial charge in [0.15, 0.2) is 5.11 Å². The van der Waals surface area contributed by atoms with Crippen LogP contribution in [0, 0.1) is 0 Å². The predicted octanol–water partition coefficient (Wildman–Crippen LogP) is 4.80. The zero-order chi connectivity index (χ0) is 20.2. The van der Waals surface area contributed by atoms with Gasteiger partial charge in [0.2, 0.25) is 0 Å². The molecular weight excluding hydrogens is 448 g/mol. The number of benzene rings is 2. The van der Waals surface area contributed by atoms with E-state index in [0.717, 1.165) is 41.7 Å². The van der Waals surface area contributed by atoms with Crippen molar-refractivity contribution in [3.63, 3.8) is 0 Å². The molecule has 1 saturated heterocycles.